The Morgan fingerprint density at radius 3 is 2.78 bits per heavy atom. The van der Waals surface area contributed by atoms with Crippen molar-refractivity contribution in [3.63, 3.8) is 0 Å². The molecule has 6 heteroatoms. The Morgan fingerprint density at radius 2 is 2.17 bits per heavy atom. The highest BCUT2D eigenvalue weighted by Gasteiger charge is 2.03. The SMILES string of the molecule is COc1ccc(/C=N/NC(=O)CC#N)cc1OC. The average Bonchev–Trinajstić information content (AvgIpc) is 2.38. The van der Waals surface area contributed by atoms with Crippen molar-refractivity contribution in [2.45, 2.75) is 6.42 Å². The van der Waals surface area contributed by atoms with E-state index >= 15 is 0 Å². The molecule has 1 N–H and O–H groups in total. The molecule has 0 fully saturated rings. The second-order valence-corrected chi connectivity index (χ2v) is 3.24. The van der Waals surface area contributed by atoms with E-state index in [9.17, 15) is 4.79 Å². The Balaban J connectivity index is 2.71. The number of methoxy groups -OCH3 is 2. The number of benzene rings is 1. The predicted octanol–water partition coefficient (Wildman–Crippen LogP) is 1.07. The van der Waals surface area contributed by atoms with Crippen molar-refractivity contribution in [1.82, 2.24) is 5.43 Å². The summed E-state index contributed by atoms with van der Waals surface area (Å²) in [5.74, 6) is 0.738. The molecule has 0 aliphatic heterocycles. The number of hydrogen-bond donors (Lipinski definition) is 1. The molecule has 0 spiro atoms. The highest BCUT2D eigenvalue weighted by molar-refractivity contribution is 5.83. The molecule has 0 radical (unpaired) electrons. The van der Waals surface area contributed by atoms with Crippen molar-refractivity contribution < 1.29 is 14.3 Å². The fourth-order valence-electron chi connectivity index (χ4n) is 1.22. The number of hydrazone groups is 1. The Kier molecular flexibility index (Phi) is 5.19. The molecular formula is C12H13N3O3. The first-order valence-corrected chi connectivity index (χ1v) is 5.12. The van der Waals surface area contributed by atoms with E-state index in [1.54, 1.807) is 31.4 Å². The summed E-state index contributed by atoms with van der Waals surface area (Å²) in [5.41, 5.74) is 2.97. The molecule has 0 unspecified atom stereocenters. The van der Waals surface area contributed by atoms with E-state index in [0.717, 1.165) is 5.56 Å². The van der Waals surface area contributed by atoms with Crippen molar-refractivity contribution in [3.8, 4) is 17.6 Å². The Bertz CT molecular complexity index is 492. The molecule has 1 rings (SSSR count). The van der Waals surface area contributed by atoms with Gasteiger partial charge in [0.25, 0.3) is 5.91 Å². The molecule has 18 heavy (non-hydrogen) atoms. The van der Waals surface area contributed by atoms with Crippen LogP contribution in [0.5, 0.6) is 11.5 Å². The van der Waals surface area contributed by atoms with Crippen molar-refractivity contribution in [2.24, 2.45) is 5.10 Å². The molecule has 0 aromatic heterocycles. The number of nitrogens with zero attached hydrogens (tertiary/aromatic N) is 2. The normalized spacial score (nSPS) is 9.83. The van der Waals surface area contributed by atoms with Crippen LogP contribution in [0.25, 0.3) is 0 Å². The van der Waals surface area contributed by atoms with Crippen LogP contribution < -0.4 is 14.9 Å². The van der Waals surface area contributed by atoms with Gasteiger partial charge >= 0.3 is 0 Å². The molecule has 0 bridgehead atoms. The van der Waals surface area contributed by atoms with E-state index in [2.05, 4.69) is 10.5 Å². The van der Waals surface area contributed by atoms with Crippen LogP contribution in [0, 0.1) is 11.3 Å². The van der Waals surface area contributed by atoms with E-state index < -0.39 is 5.91 Å². The highest BCUT2D eigenvalue weighted by Crippen LogP contribution is 2.26. The van der Waals surface area contributed by atoms with E-state index in [0.29, 0.717) is 11.5 Å². The summed E-state index contributed by atoms with van der Waals surface area (Å²) in [6.45, 7) is 0. The van der Waals surface area contributed by atoms with Gasteiger partial charge in [0.15, 0.2) is 11.5 Å². The molecule has 0 aliphatic rings. The van der Waals surface area contributed by atoms with Gasteiger partial charge in [-0.2, -0.15) is 10.4 Å². The Hall–Kier alpha value is -2.55. The van der Waals surface area contributed by atoms with Crippen LogP contribution in [0.2, 0.25) is 0 Å². The third kappa shape index (κ3) is 3.79. The molecule has 94 valence electrons. The highest BCUT2D eigenvalue weighted by atomic mass is 16.5. The number of hydrogen-bond acceptors (Lipinski definition) is 5. The van der Waals surface area contributed by atoms with Gasteiger partial charge < -0.3 is 9.47 Å². The minimum atomic E-state index is -0.450. The predicted molar refractivity (Wildman–Crippen MR) is 65.5 cm³/mol. The number of carbonyl (C=O) groups excluding carboxylic acids is 1. The number of amides is 1. The topological polar surface area (TPSA) is 83.7 Å². The first kappa shape index (κ1) is 13.5. The Morgan fingerprint density at radius 1 is 1.44 bits per heavy atom. The minimum absolute atomic E-state index is 0.219. The molecule has 0 saturated heterocycles. The molecule has 1 amide bonds. The monoisotopic (exact) mass is 247 g/mol. The van der Waals surface area contributed by atoms with Gasteiger partial charge in [0.1, 0.15) is 6.42 Å². The fraction of sp³-hybridized carbons (Fsp3) is 0.250. The number of rotatable bonds is 5. The van der Waals surface area contributed by atoms with E-state index in [4.69, 9.17) is 14.7 Å². The second-order valence-electron chi connectivity index (χ2n) is 3.24. The van der Waals surface area contributed by atoms with Gasteiger partial charge in [-0.15, -0.1) is 0 Å². The van der Waals surface area contributed by atoms with Crippen molar-refractivity contribution in [1.29, 1.82) is 5.26 Å². The average molecular weight is 247 g/mol. The molecule has 0 atom stereocenters. The molecular weight excluding hydrogens is 234 g/mol. The van der Waals surface area contributed by atoms with Gasteiger partial charge in [0, 0.05) is 0 Å². The summed E-state index contributed by atoms with van der Waals surface area (Å²) in [6, 6.07) is 6.95. The smallest absolute Gasteiger partial charge is 0.254 e. The van der Waals surface area contributed by atoms with Gasteiger partial charge in [-0.3, -0.25) is 4.79 Å². The lowest BCUT2D eigenvalue weighted by atomic mass is 10.2. The first-order valence-electron chi connectivity index (χ1n) is 5.12. The lowest BCUT2D eigenvalue weighted by Gasteiger charge is -2.07. The quantitative estimate of drug-likeness (QED) is 0.623. The van der Waals surface area contributed by atoms with E-state index in [-0.39, 0.29) is 6.42 Å². The lowest BCUT2D eigenvalue weighted by molar-refractivity contribution is -0.120. The molecule has 1 aromatic rings. The molecule has 0 saturated carbocycles. The van der Waals surface area contributed by atoms with Crippen LogP contribution in [0.15, 0.2) is 23.3 Å². The summed E-state index contributed by atoms with van der Waals surface area (Å²) < 4.78 is 10.2. The maximum absolute atomic E-state index is 11.0. The van der Waals surface area contributed by atoms with Crippen LogP contribution in [0.1, 0.15) is 12.0 Å². The summed E-state index contributed by atoms with van der Waals surface area (Å²) >= 11 is 0. The van der Waals surface area contributed by atoms with Gasteiger partial charge in [0.2, 0.25) is 0 Å². The van der Waals surface area contributed by atoms with E-state index in [1.807, 2.05) is 0 Å². The van der Waals surface area contributed by atoms with Crippen LogP contribution in [-0.2, 0) is 4.79 Å². The standard InChI is InChI=1S/C12H13N3O3/c1-17-10-4-3-9(7-11(10)18-2)8-14-15-12(16)5-6-13/h3-4,7-8H,5H2,1-2H3,(H,15,16)/b14-8+. The number of nitriles is 1. The maximum Gasteiger partial charge on any atom is 0.254 e. The largest absolute Gasteiger partial charge is 0.493 e. The molecule has 6 nitrogen and oxygen atoms in total. The minimum Gasteiger partial charge on any atom is -0.493 e. The van der Waals surface area contributed by atoms with Crippen molar-refractivity contribution in [2.75, 3.05) is 14.2 Å². The fourth-order valence-corrected chi connectivity index (χ4v) is 1.22. The summed E-state index contributed by atoms with van der Waals surface area (Å²) in [5, 5.41) is 12.0. The zero-order chi connectivity index (χ0) is 13.4. The van der Waals surface area contributed by atoms with Gasteiger partial charge in [-0.05, 0) is 23.8 Å². The number of nitrogens with one attached hydrogen (secondary N) is 1. The Labute approximate surface area is 105 Å². The van der Waals surface area contributed by atoms with Gasteiger partial charge in [-0.25, -0.2) is 5.43 Å². The molecule has 0 heterocycles. The third-order valence-electron chi connectivity index (χ3n) is 2.05. The van der Waals surface area contributed by atoms with Crippen LogP contribution >= 0.6 is 0 Å². The molecule has 1 aromatic carbocycles. The van der Waals surface area contributed by atoms with Crippen molar-refractivity contribution in [3.05, 3.63) is 23.8 Å². The van der Waals surface area contributed by atoms with Gasteiger partial charge in [0.05, 0.1) is 26.5 Å². The van der Waals surface area contributed by atoms with Crippen LogP contribution in [0.3, 0.4) is 0 Å². The van der Waals surface area contributed by atoms with Gasteiger partial charge in [-0.1, -0.05) is 0 Å². The maximum atomic E-state index is 11.0. The van der Waals surface area contributed by atoms with Crippen LogP contribution in [-0.4, -0.2) is 26.3 Å². The number of ether oxygens (including phenoxy) is 2. The van der Waals surface area contributed by atoms with Crippen molar-refractivity contribution >= 4 is 12.1 Å². The zero-order valence-corrected chi connectivity index (χ0v) is 10.1. The first-order chi connectivity index (χ1) is 8.71. The summed E-state index contributed by atoms with van der Waals surface area (Å²) in [4.78, 5) is 11.0. The summed E-state index contributed by atoms with van der Waals surface area (Å²) in [6.07, 6.45) is 1.24. The lowest BCUT2D eigenvalue weighted by Crippen LogP contribution is -2.16. The summed E-state index contributed by atoms with van der Waals surface area (Å²) in [7, 11) is 3.08. The van der Waals surface area contributed by atoms with Crippen LogP contribution in [0.4, 0.5) is 0 Å². The second kappa shape index (κ2) is 6.91. The third-order valence-corrected chi connectivity index (χ3v) is 2.05. The van der Waals surface area contributed by atoms with E-state index in [1.165, 1.54) is 13.3 Å². The zero-order valence-electron chi connectivity index (χ0n) is 10.1. The molecule has 0 aliphatic carbocycles. The number of carbonyl (C=O) groups is 1.